The Labute approximate surface area is 146 Å². The Morgan fingerprint density at radius 3 is 2.56 bits per heavy atom. The lowest BCUT2D eigenvalue weighted by Gasteiger charge is -2.34. The molecule has 1 amide bonds. The molecule has 0 aromatic heterocycles. The van der Waals surface area contributed by atoms with Crippen molar-refractivity contribution in [1.82, 2.24) is 14.5 Å². The molecule has 1 fully saturated rings. The van der Waals surface area contributed by atoms with Gasteiger partial charge in [0.2, 0.25) is 15.9 Å². The SMILES string of the molecule is CNCCCC(=O)N1CCN(S(=O)(=O)c2cccc([N+](=O)[O-])c2)CC1. The molecular weight excluding hydrogens is 348 g/mol. The average Bonchev–Trinajstić information content (AvgIpc) is 2.62. The van der Waals surface area contributed by atoms with Crippen LogP contribution in [0.4, 0.5) is 5.69 Å². The molecule has 1 aromatic carbocycles. The fraction of sp³-hybridized carbons (Fsp3) is 0.533. The third kappa shape index (κ3) is 4.74. The highest BCUT2D eigenvalue weighted by Gasteiger charge is 2.30. The summed E-state index contributed by atoms with van der Waals surface area (Å²) >= 11 is 0. The van der Waals surface area contributed by atoms with Crippen LogP contribution in [0.25, 0.3) is 0 Å². The zero-order valence-corrected chi connectivity index (χ0v) is 14.9. The third-order valence-electron chi connectivity index (χ3n) is 4.07. The lowest BCUT2D eigenvalue weighted by molar-refractivity contribution is -0.385. The van der Waals surface area contributed by atoms with Crippen LogP contribution in [-0.4, -0.2) is 68.2 Å². The average molecular weight is 370 g/mol. The van der Waals surface area contributed by atoms with Crippen LogP contribution < -0.4 is 5.32 Å². The zero-order chi connectivity index (χ0) is 18.4. The Morgan fingerprint density at radius 2 is 1.96 bits per heavy atom. The van der Waals surface area contributed by atoms with Crippen LogP contribution in [0.1, 0.15) is 12.8 Å². The summed E-state index contributed by atoms with van der Waals surface area (Å²) in [7, 11) is -1.99. The number of rotatable bonds is 7. The number of amides is 1. The van der Waals surface area contributed by atoms with Gasteiger partial charge in [-0.1, -0.05) is 6.07 Å². The molecule has 138 valence electrons. The van der Waals surface area contributed by atoms with Gasteiger partial charge in [0.25, 0.3) is 5.69 Å². The maximum Gasteiger partial charge on any atom is 0.270 e. The van der Waals surface area contributed by atoms with Crippen LogP contribution in [0.2, 0.25) is 0 Å². The summed E-state index contributed by atoms with van der Waals surface area (Å²) in [5, 5.41) is 13.8. The van der Waals surface area contributed by atoms with E-state index in [0.717, 1.165) is 19.0 Å². The molecule has 25 heavy (non-hydrogen) atoms. The smallest absolute Gasteiger partial charge is 0.270 e. The molecule has 0 atom stereocenters. The molecule has 1 N–H and O–H groups in total. The van der Waals surface area contributed by atoms with Crippen molar-refractivity contribution in [3.63, 3.8) is 0 Å². The summed E-state index contributed by atoms with van der Waals surface area (Å²) in [6.07, 6.45) is 1.17. The maximum absolute atomic E-state index is 12.6. The van der Waals surface area contributed by atoms with Crippen molar-refractivity contribution < 1.29 is 18.1 Å². The van der Waals surface area contributed by atoms with Gasteiger partial charge in [0, 0.05) is 44.7 Å². The molecule has 0 unspecified atom stereocenters. The number of carbonyl (C=O) groups excluding carboxylic acids is 1. The van der Waals surface area contributed by atoms with Gasteiger partial charge in [0.05, 0.1) is 9.82 Å². The first-order valence-corrected chi connectivity index (χ1v) is 9.47. The summed E-state index contributed by atoms with van der Waals surface area (Å²) in [4.78, 5) is 23.8. The lowest BCUT2D eigenvalue weighted by atomic mass is 10.2. The molecule has 1 aliphatic heterocycles. The Bertz CT molecular complexity index is 729. The van der Waals surface area contributed by atoms with Crippen molar-refractivity contribution in [2.45, 2.75) is 17.7 Å². The van der Waals surface area contributed by atoms with Gasteiger partial charge in [-0.05, 0) is 26.1 Å². The molecule has 0 radical (unpaired) electrons. The quantitative estimate of drug-likeness (QED) is 0.423. The second-order valence-corrected chi connectivity index (χ2v) is 7.68. The maximum atomic E-state index is 12.6. The number of sulfonamides is 1. The van der Waals surface area contributed by atoms with Crippen LogP contribution in [-0.2, 0) is 14.8 Å². The molecule has 10 heteroatoms. The number of hydrogen-bond acceptors (Lipinski definition) is 6. The highest BCUT2D eigenvalue weighted by molar-refractivity contribution is 7.89. The van der Waals surface area contributed by atoms with E-state index in [-0.39, 0.29) is 29.6 Å². The van der Waals surface area contributed by atoms with Crippen molar-refractivity contribution in [1.29, 1.82) is 0 Å². The van der Waals surface area contributed by atoms with Crippen molar-refractivity contribution in [2.75, 3.05) is 39.8 Å². The summed E-state index contributed by atoms with van der Waals surface area (Å²) < 4.78 is 26.5. The second kappa shape index (κ2) is 8.37. The van der Waals surface area contributed by atoms with Gasteiger partial charge in [-0.25, -0.2) is 8.42 Å². The number of nitro groups is 1. The highest BCUT2D eigenvalue weighted by Crippen LogP contribution is 2.22. The molecule has 0 bridgehead atoms. The molecule has 0 spiro atoms. The second-order valence-electron chi connectivity index (χ2n) is 5.75. The topological polar surface area (TPSA) is 113 Å². The third-order valence-corrected chi connectivity index (χ3v) is 5.97. The van der Waals surface area contributed by atoms with Gasteiger partial charge in [-0.15, -0.1) is 0 Å². The summed E-state index contributed by atoms with van der Waals surface area (Å²) in [5.74, 6) is 0.0163. The zero-order valence-electron chi connectivity index (χ0n) is 14.1. The fourth-order valence-electron chi connectivity index (χ4n) is 2.66. The van der Waals surface area contributed by atoms with Crippen molar-refractivity contribution >= 4 is 21.6 Å². The van der Waals surface area contributed by atoms with Crippen LogP contribution in [0.15, 0.2) is 29.2 Å². The van der Waals surface area contributed by atoms with Gasteiger partial charge < -0.3 is 10.2 Å². The Morgan fingerprint density at radius 1 is 1.28 bits per heavy atom. The van der Waals surface area contributed by atoms with E-state index in [4.69, 9.17) is 0 Å². The predicted octanol–water partition coefficient (Wildman–Crippen LogP) is 0.427. The van der Waals surface area contributed by atoms with Gasteiger partial charge in [-0.3, -0.25) is 14.9 Å². The first-order chi connectivity index (χ1) is 11.9. The van der Waals surface area contributed by atoms with Crippen LogP contribution in [0.5, 0.6) is 0 Å². The van der Waals surface area contributed by atoms with E-state index in [1.165, 1.54) is 22.5 Å². The van der Waals surface area contributed by atoms with E-state index >= 15 is 0 Å². The first kappa shape index (κ1) is 19.3. The van der Waals surface area contributed by atoms with Crippen LogP contribution in [0.3, 0.4) is 0 Å². The lowest BCUT2D eigenvalue weighted by Crippen LogP contribution is -2.50. The molecule has 0 saturated carbocycles. The Hall–Kier alpha value is -2.04. The van der Waals surface area contributed by atoms with E-state index in [0.29, 0.717) is 19.5 Å². The molecular formula is C15H22N4O5S. The van der Waals surface area contributed by atoms with Gasteiger partial charge in [0.1, 0.15) is 0 Å². The molecule has 1 aromatic rings. The standard InChI is InChI=1S/C15H22N4O5S/c1-16-7-3-6-15(20)17-8-10-18(11-9-17)25(23,24)14-5-2-4-13(12-14)19(21)22/h2,4-5,12,16H,3,6-11H2,1H3. The minimum Gasteiger partial charge on any atom is -0.340 e. The molecule has 1 heterocycles. The Balaban J connectivity index is 2.00. The fourth-order valence-corrected chi connectivity index (χ4v) is 4.12. The van der Waals surface area contributed by atoms with Crippen molar-refractivity contribution in [2.24, 2.45) is 0 Å². The largest absolute Gasteiger partial charge is 0.340 e. The number of hydrogen-bond donors (Lipinski definition) is 1. The summed E-state index contributed by atoms with van der Waals surface area (Å²) in [5.41, 5.74) is -0.264. The van der Waals surface area contributed by atoms with E-state index in [2.05, 4.69) is 5.32 Å². The number of carbonyl (C=O) groups is 1. The minimum atomic E-state index is -3.81. The number of nitrogens with one attached hydrogen (secondary N) is 1. The minimum absolute atomic E-state index is 0.0163. The summed E-state index contributed by atoms with van der Waals surface area (Å²) in [6, 6.07) is 5.01. The molecule has 1 aliphatic rings. The Kier molecular flexibility index (Phi) is 6.45. The summed E-state index contributed by atoms with van der Waals surface area (Å²) in [6.45, 7) is 1.78. The van der Waals surface area contributed by atoms with Crippen molar-refractivity contribution in [3.8, 4) is 0 Å². The normalized spacial score (nSPS) is 16.0. The number of benzene rings is 1. The monoisotopic (exact) mass is 370 g/mol. The number of nitrogens with zero attached hydrogens (tertiary/aromatic N) is 3. The van der Waals surface area contributed by atoms with Gasteiger partial charge in [0.15, 0.2) is 0 Å². The van der Waals surface area contributed by atoms with Gasteiger partial charge in [-0.2, -0.15) is 4.31 Å². The van der Waals surface area contributed by atoms with E-state index < -0.39 is 14.9 Å². The van der Waals surface area contributed by atoms with Gasteiger partial charge >= 0.3 is 0 Å². The number of nitro benzene ring substituents is 1. The predicted molar refractivity (Wildman–Crippen MR) is 91.6 cm³/mol. The van der Waals surface area contributed by atoms with E-state index in [1.54, 1.807) is 4.90 Å². The van der Waals surface area contributed by atoms with Crippen LogP contribution in [0, 0.1) is 10.1 Å². The number of piperazine rings is 1. The van der Waals surface area contributed by atoms with E-state index in [1.807, 2.05) is 7.05 Å². The van der Waals surface area contributed by atoms with Crippen LogP contribution >= 0.6 is 0 Å². The number of non-ortho nitro benzene ring substituents is 1. The van der Waals surface area contributed by atoms with E-state index in [9.17, 15) is 23.3 Å². The molecule has 1 saturated heterocycles. The highest BCUT2D eigenvalue weighted by atomic mass is 32.2. The molecule has 0 aliphatic carbocycles. The molecule has 2 rings (SSSR count). The van der Waals surface area contributed by atoms with Crippen molar-refractivity contribution in [3.05, 3.63) is 34.4 Å². The first-order valence-electron chi connectivity index (χ1n) is 8.03. The molecule has 9 nitrogen and oxygen atoms in total.